The summed E-state index contributed by atoms with van der Waals surface area (Å²) in [5.41, 5.74) is 9.99. The van der Waals surface area contributed by atoms with Crippen molar-refractivity contribution >= 4 is 17.1 Å². The molecule has 20 heavy (non-hydrogen) atoms. The van der Waals surface area contributed by atoms with Crippen molar-refractivity contribution in [3.8, 4) is 5.75 Å². The Morgan fingerprint density at radius 3 is 2.25 bits per heavy atom. The normalized spacial score (nSPS) is 11.2. The molecule has 0 spiro atoms. The van der Waals surface area contributed by atoms with Crippen molar-refractivity contribution in [2.24, 2.45) is 0 Å². The van der Waals surface area contributed by atoms with Gasteiger partial charge in [-0.15, -0.1) is 0 Å². The third kappa shape index (κ3) is 2.87. The summed E-state index contributed by atoms with van der Waals surface area (Å²) >= 11 is 0. The Morgan fingerprint density at radius 2 is 1.60 bits per heavy atom. The lowest BCUT2D eigenvalue weighted by Crippen LogP contribution is -2.13. The van der Waals surface area contributed by atoms with Crippen LogP contribution in [0.4, 0.5) is 17.1 Å². The Hall–Kier alpha value is -2.16. The van der Waals surface area contributed by atoms with Crippen molar-refractivity contribution in [3.05, 3.63) is 48.0 Å². The van der Waals surface area contributed by atoms with Gasteiger partial charge < -0.3 is 15.8 Å². The Kier molecular flexibility index (Phi) is 3.89. The van der Waals surface area contributed by atoms with E-state index in [0.29, 0.717) is 11.4 Å². The van der Waals surface area contributed by atoms with Crippen LogP contribution in [0.25, 0.3) is 0 Å². The summed E-state index contributed by atoms with van der Waals surface area (Å²) in [6.45, 7) is 6.59. The maximum atomic E-state index is 6.11. The Bertz CT molecular complexity index is 600. The number of hydrogen-bond acceptors (Lipinski definition) is 3. The van der Waals surface area contributed by atoms with Gasteiger partial charge in [0, 0.05) is 5.69 Å². The van der Waals surface area contributed by atoms with Crippen LogP contribution in [-0.2, 0) is 5.41 Å². The van der Waals surface area contributed by atoms with Crippen molar-refractivity contribution < 1.29 is 4.74 Å². The number of methoxy groups -OCH3 is 1. The number of nitrogen functional groups attached to an aromatic ring is 1. The van der Waals surface area contributed by atoms with Crippen molar-refractivity contribution in [2.45, 2.75) is 26.2 Å². The number of benzene rings is 2. The second-order valence-electron chi connectivity index (χ2n) is 5.84. The van der Waals surface area contributed by atoms with E-state index >= 15 is 0 Å². The Balaban J connectivity index is 2.41. The Labute approximate surface area is 120 Å². The van der Waals surface area contributed by atoms with Crippen LogP contribution in [-0.4, -0.2) is 7.11 Å². The third-order valence-electron chi connectivity index (χ3n) is 3.29. The van der Waals surface area contributed by atoms with Crippen LogP contribution in [0, 0.1) is 0 Å². The first-order chi connectivity index (χ1) is 9.43. The molecule has 0 amide bonds. The van der Waals surface area contributed by atoms with E-state index in [1.807, 2.05) is 24.3 Å². The van der Waals surface area contributed by atoms with Gasteiger partial charge >= 0.3 is 0 Å². The molecule has 3 heteroatoms. The highest BCUT2D eigenvalue weighted by molar-refractivity contribution is 5.78. The first kappa shape index (κ1) is 14.3. The highest BCUT2D eigenvalue weighted by Gasteiger charge is 2.18. The predicted octanol–water partition coefficient (Wildman–Crippen LogP) is 4.32. The zero-order valence-electron chi connectivity index (χ0n) is 12.5. The molecule has 2 rings (SSSR count). The highest BCUT2D eigenvalue weighted by atomic mass is 16.5. The van der Waals surface area contributed by atoms with Gasteiger partial charge in [0.05, 0.1) is 18.5 Å². The fourth-order valence-electron chi connectivity index (χ4n) is 2.22. The molecule has 0 aliphatic heterocycles. The van der Waals surface area contributed by atoms with E-state index in [9.17, 15) is 0 Å². The smallest absolute Gasteiger partial charge is 0.143 e. The van der Waals surface area contributed by atoms with Crippen LogP contribution in [0.2, 0.25) is 0 Å². The number of nitrogens with one attached hydrogen (secondary N) is 1. The summed E-state index contributed by atoms with van der Waals surface area (Å²) in [5, 5.41) is 3.42. The monoisotopic (exact) mass is 270 g/mol. The first-order valence-electron chi connectivity index (χ1n) is 6.72. The minimum Gasteiger partial charge on any atom is -0.495 e. The van der Waals surface area contributed by atoms with Crippen LogP contribution >= 0.6 is 0 Å². The molecule has 106 valence electrons. The SMILES string of the molecule is COc1cccc(Nc2ccccc2C(C)(C)C)c1N. The molecule has 0 aliphatic carbocycles. The van der Waals surface area contributed by atoms with E-state index in [4.69, 9.17) is 10.5 Å². The summed E-state index contributed by atoms with van der Waals surface area (Å²) in [5.74, 6) is 0.684. The zero-order valence-corrected chi connectivity index (χ0v) is 12.5. The largest absolute Gasteiger partial charge is 0.495 e. The number of para-hydroxylation sites is 2. The van der Waals surface area contributed by atoms with E-state index in [0.717, 1.165) is 11.4 Å². The molecule has 0 atom stereocenters. The fourth-order valence-corrected chi connectivity index (χ4v) is 2.22. The highest BCUT2D eigenvalue weighted by Crippen LogP contribution is 2.35. The average molecular weight is 270 g/mol. The van der Waals surface area contributed by atoms with Gasteiger partial charge in [-0.2, -0.15) is 0 Å². The second kappa shape index (κ2) is 5.45. The molecular weight excluding hydrogens is 248 g/mol. The number of hydrogen-bond donors (Lipinski definition) is 2. The molecule has 0 radical (unpaired) electrons. The quantitative estimate of drug-likeness (QED) is 0.817. The topological polar surface area (TPSA) is 47.3 Å². The molecule has 0 fully saturated rings. The van der Waals surface area contributed by atoms with E-state index in [-0.39, 0.29) is 5.41 Å². The third-order valence-corrected chi connectivity index (χ3v) is 3.29. The maximum absolute atomic E-state index is 6.11. The van der Waals surface area contributed by atoms with Crippen LogP contribution in [0.1, 0.15) is 26.3 Å². The van der Waals surface area contributed by atoms with Crippen molar-refractivity contribution in [2.75, 3.05) is 18.2 Å². The van der Waals surface area contributed by atoms with Crippen molar-refractivity contribution in [1.82, 2.24) is 0 Å². The van der Waals surface area contributed by atoms with Gasteiger partial charge in [0.2, 0.25) is 0 Å². The van der Waals surface area contributed by atoms with Crippen molar-refractivity contribution in [3.63, 3.8) is 0 Å². The maximum Gasteiger partial charge on any atom is 0.143 e. The van der Waals surface area contributed by atoms with Crippen molar-refractivity contribution in [1.29, 1.82) is 0 Å². The van der Waals surface area contributed by atoms with Gasteiger partial charge in [-0.3, -0.25) is 0 Å². The van der Waals surface area contributed by atoms with Crippen LogP contribution in [0.5, 0.6) is 5.75 Å². The van der Waals surface area contributed by atoms with E-state index in [2.05, 4.69) is 44.3 Å². The summed E-state index contributed by atoms with van der Waals surface area (Å²) in [6.07, 6.45) is 0. The second-order valence-corrected chi connectivity index (χ2v) is 5.84. The lowest BCUT2D eigenvalue weighted by atomic mass is 9.86. The van der Waals surface area contributed by atoms with E-state index < -0.39 is 0 Å². The molecule has 3 N–H and O–H groups in total. The average Bonchev–Trinajstić information content (AvgIpc) is 2.40. The molecule has 0 unspecified atom stereocenters. The summed E-state index contributed by atoms with van der Waals surface area (Å²) < 4.78 is 5.26. The first-order valence-corrected chi connectivity index (χ1v) is 6.72. The number of anilines is 3. The molecule has 3 nitrogen and oxygen atoms in total. The molecule has 0 heterocycles. The lowest BCUT2D eigenvalue weighted by Gasteiger charge is -2.24. The minimum absolute atomic E-state index is 0.0667. The molecule has 0 aromatic heterocycles. The molecule has 0 saturated heterocycles. The fraction of sp³-hybridized carbons (Fsp3) is 0.294. The lowest BCUT2D eigenvalue weighted by molar-refractivity contribution is 0.417. The Morgan fingerprint density at radius 1 is 0.950 bits per heavy atom. The molecular formula is C17H22N2O. The minimum atomic E-state index is 0.0667. The van der Waals surface area contributed by atoms with Crippen LogP contribution < -0.4 is 15.8 Å². The van der Waals surface area contributed by atoms with E-state index in [1.165, 1.54) is 5.56 Å². The van der Waals surface area contributed by atoms with Gasteiger partial charge in [-0.05, 0) is 29.2 Å². The number of nitrogens with two attached hydrogens (primary N) is 1. The van der Waals surface area contributed by atoms with Gasteiger partial charge in [0.1, 0.15) is 5.75 Å². The summed E-state index contributed by atoms with van der Waals surface area (Å²) in [4.78, 5) is 0. The molecule has 0 saturated carbocycles. The summed E-state index contributed by atoms with van der Waals surface area (Å²) in [7, 11) is 1.62. The van der Waals surface area contributed by atoms with E-state index in [1.54, 1.807) is 7.11 Å². The van der Waals surface area contributed by atoms with Gasteiger partial charge in [-0.25, -0.2) is 0 Å². The zero-order chi connectivity index (χ0) is 14.8. The standard InChI is InChI=1S/C17H22N2O/c1-17(2,3)12-8-5-6-9-13(12)19-14-10-7-11-15(20-4)16(14)18/h5-11,19H,18H2,1-4H3. The van der Waals surface area contributed by atoms with Gasteiger partial charge in [0.15, 0.2) is 0 Å². The molecule has 0 aliphatic rings. The molecule has 2 aromatic carbocycles. The molecule has 0 bridgehead atoms. The number of ether oxygens (including phenoxy) is 1. The number of rotatable bonds is 3. The van der Waals surface area contributed by atoms with Crippen LogP contribution in [0.15, 0.2) is 42.5 Å². The van der Waals surface area contributed by atoms with Gasteiger partial charge in [-0.1, -0.05) is 45.0 Å². The van der Waals surface area contributed by atoms with Crippen LogP contribution in [0.3, 0.4) is 0 Å². The predicted molar refractivity (Wildman–Crippen MR) is 85.8 cm³/mol. The molecule has 2 aromatic rings. The summed E-state index contributed by atoms with van der Waals surface area (Å²) in [6, 6.07) is 14.0. The van der Waals surface area contributed by atoms with Gasteiger partial charge in [0.25, 0.3) is 0 Å².